The molecular formula is C26H24N4O6S. The first kappa shape index (κ1) is 24.6. The standard InChI is InChI=1S/C26H24N4O6S/c1-14-22(37-13-27-14)16-8-6-15(7-9-16)20(28-23(32)21-10-17(31)11-29(21)26(35)36)12-30-24(33)18-4-2-3-5-19(18)25(30)34/h2-9,13,17,20-21,31H,10-12H2,1H3,(H,28,32)(H,35,36)/t17-,20?,21+/m1/s1. The second kappa shape index (κ2) is 9.75. The molecular weight excluding hydrogens is 496 g/mol. The molecule has 3 aromatic rings. The molecule has 2 aliphatic heterocycles. The third kappa shape index (κ3) is 4.58. The highest BCUT2D eigenvalue weighted by atomic mass is 32.1. The number of aliphatic hydroxyl groups is 1. The summed E-state index contributed by atoms with van der Waals surface area (Å²) in [7, 11) is 0. The summed E-state index contributed by atoms with van der Waals surface area (Å²) in [4.78, 5) is 58.1. The number of nitrogens with one attached hydrogen (secondary N) is 1. The van der Waals surface area contributed by atoms with E-state index in [-0.39, 0.29) is 19.5 Å². The number of amides is 4. The monoisotopic (exact) mass is 520 g/mol. The second-order valence-electron chi connectivity index (χ2n) is 9.06. The van der Waals surface area contributed by atoms with E-state index in [1.807, 2.05) is 19.1 Å². The number of carboxylic acid groups (broad SMARTS) is 1. The maximum atomic E-state index is 13.2. The number of aryl methyl sites for hydroxylation is 1. The van der Waals surface area contributed by atoms with E-state index in [4.69, 9.17) is 0 Å². The molecule has 3 N–H and O–H groups in total. The van der Waals surface area contributed by atoms with Gasteiger partial charge in [-0.2, -0.15) is 0 Å². The summed E-state index contributed by atoms with van der Waals surface area (Å²) in [5, 5.41) is 22.3. The predicted octanol–water partition coefficient (Wildman–Crippen LogP) is 2.69. The Balaban J connectivity index is 1.44. The molecule has 3 atom stereocenters. The largest absolute Gasteiger partial charge is 0.465 e. The number of hydrogen-bond acceptors (Lipinski definition) is 7. The fourth-order valence-corrected chi connectivity index (χ4v) is 5.62. The van der Waals surface area contributed by atoms with Gasteiger partial charge in [-0.15, -0.1) is 11.3 Å². The smallest absolute Gasteiger partial charge is 0.408 e. The first-order valence-corrected chi connectivity index (χ1v) is 12.6. The molecule has 3 heterocycles. The molecule has 1 fully saturated rings. The Bertz CT molecular complexity index is 1350. The Hall–Kier alpha value is -4.09. The number of fused-ring (bicyclic) bond motifs is 1. The summed E-state index contributed by atoms with van der Waals surface area (Å²) < 4.78 is 0. The van der Waals surface area contributed by atoms with E-state index in [9.17, 15) is 29.4 Å². The van der Waals surface area contributed by atoms with Crippen molar-refractivity contribution in [2.24, 2.45) is 0 Å². The van der Waals surface area contributed by atoms with Crippen LogP contribution in [0.2, 0.25) is 0 Å². The topological polar surface area (TPSA) is 140 Å². The van der Waals surface area contributed by atoms with Gasteiger partial charge in [0.05, 0.1) is 52.4 Å². The van der Waals surface area contributed by atoms with E-state index in [0.717, 1.165) is 25.9 Å². The molecule has 5 rings (SSSR count). The third-order valence-electron chi connectivity index (χ3n) is 6.71. The molecule has 1 unspecified atom stereocenters. The fraction of sp³-hybridized carbons (Fsp3) is 0.269. The lowest BCUT2D eigenvalue weighted by Crippen LogP contribution is -2.48. The second-order valence-corrected chi connectivity index (χ2v) is 9.91. The fourth-order valence-electron chi connectivity index (χ4n) is 4.81. The van der Waals surface area contributed by atoms with Crippen molar-refractivity contribution < 1.29 is 29.4 Å². The van der Waals surface area contributed by atoms with Crippen LogP contribution in [0.5, 0.6) is 0 Å². The number of thiazole rings is 1. The van der Waals surface area contributed by atoms with E-state index in [1.54, 1.807) is 41.9 Å². The molecule has 0 saturated carbocycles. The lowest BCUT2D eigenvalue weighted by atomic mass is 10.0. The van der Waals surface area contributed by atoms with Gasteiger partial charge < -0.3 is 15.5 Å². The lowest BCUT2D eigenvalue weighted by molar-refractivity contribution is -0.126. The predicted molar refractivity (Wildman–Crippen MR) is 134 cm³/mol. The van der Waals surface area contributed by atoms with Gasteiger partial charge in [-0.05, 0) is 30.2 Å². The molecule has 1 saturated heterocycles. The molecule has 10 nitrogen and oxygen atoms in total. The summed E-state index contributed by atoms with van der Waals surface area (Å²) in [6, 6.07) is 12.0. The Labute approximate surface area is 216 Å². The van der Waals surface area contributed by atoms with Crippen molar-refractivity contribution in [2.75, 3.05) is 13.1 Å². The van der Waals surface area contributed by atoms with Crippen molar-refractivity contribution in [2.45, 2.75) is 31.5 Å². The highest BCUT2D eigenvalue weighted by molar-refractivity contribution is 7.13. The molecule has 0 bridgehead atoms. The Kier molecular flexibility index (Phi) is 6.48. The van der Waals surface area contributed by atoms with Crippen LogP contribution in [0.15, 0.2) is 54.0 Å². The van der Waals surface area contributed by atoms with Gasteiger partial charge >= 0.3 is 6.09 Å². The Morgan fingerprint density at radius 2 is 1.76 bits per heavy atom. The zero-order valence-electron chi connectivity index (χ0n) is 19.8. The van der Waals surface area contributed by atoms with E-state index in [2.05, 4.69) is 10.3 Å². The number of rotatable bonds is 6. The number of benzene rings is 2. The first-order valence-electron chi connectivity index (χ1n) is 11.7. The van der Waals surface area contributed by atoms with Crippen LogP contribution >= 0.6 is 11.3 Å². The SMILES string of the molecule is Cc1ncsc1-c1ccc(C(CN2C(=O)c3ccccc3C2=O)NC(=O)[C@@H]2C[C@@H](O)CN2C(=O)O)cc1. The van der Waals surface area contributed by atoms with Gasteiger partial charge in [-0.25, -0.2) is 9.78 Å². The van der Waals surface area contributed by atoms with Crippen molar-refractivity contribution in [3.8, 4) is 10.4 Å². The number of aromatic nitrogens is 1. The molecule has 1 aromatic heterocycles. The highest BCUT2D eigenvalue weighted by Gasteiger charge is 2.41. The van der Waals surface area contributed by atoms with Crippen molar-refractivity contribution in [3.63, 3.8) is 0 Å². The zero-order chi connectivity index (χ0) is 26.3. The van der Waals surface area contributed by atoms with Crippen LogP contribution < -0.4 is 5.32 Å². The van der Waals surface area contributed by atoms with Crippen molar-refractivity contribution in [1.82, 2.24) is 20.1 Å². The summed E-state index contributed by atoms with van der Waals surface area (Å²) in [5.41, 5.74) is 4.81. The van der Waals surface area contributed by atoms with Crippen LogP contribution in [-0.4, -0.2) is 74.0 Å². The van der Waals surface area contributed by atoms with Gasteiger partial charge in [0, 0.05) is 6.42 Å². The number of hydrogen-bond donors (Lipinski definition) is 3. The number of aliphatic hydroxyl groups excluding tert-OH is 1. The van der Waals surface area contributed by atoms with Gasteiger partial charge in [-0.1, -0.05) is 36.4 Å². The van der Waals surface area contributed by atoms with Crippen LogP contribution in [0.25, 0.3) is 10.4 Å². The van der Waals surface area contributed by atoms with Crippen LogP contribution in [0, 0.1) is 6.92 Å². The van der Waals surface area contributed by atoms with Crippen LogP contribution in [0.1, 0.15) is 44.4 Å². The van der Waals surface area contributed by atoms with Crippen molar-refractivity contribution >= 4 is 35.2 Å². The maximum Gasteiger partial charge on any atom is 0.408 e. The first-order chi connectivity index (χ1) is 17.7. The van der Waals surface area contributed by atoms with Crippen LogP contribution in [0.3, 0.4) is 0 Å². The molecule has 2 aromatic carbocycles. The summed E-state index contributed by atoms with van der Waals surface area (Å²) in [5.74, 6) is -1.52. The van der Waals surface area contributed by atoms with Gasteiger partial charge in [0.25, 0.3) is 11.8 Å². The molecule has 0 spiro atoms. The third-order valence-corrected chi connectivity index (χ3v) is 7.69. The molecule has 2 aliphatic rings. The number of β-amino-alcohol motifs (C(OH)–C–C–N with tert-alkyl or cyclic N) is 1. The Morgan fingerprint density at radius 1 is 1.11 bits per heavy atom. The molecule has 190 valence electrons. The van der Waals surface area contributed by atoms with E-state index in [0.29, 0.717) is 16.7 Å². The molecule has 37 heavy (non-hydrogen) atoms. The average Bonchev–Trinajstić information content (AvgIpc) is 3.56. The average molecular weight is 521 g/mol. The molecule has 0 radical (unpaired) electrons. The van der Waals surface area contributed by atoms with Crippen molar-refractivity contribution in [3.05, 3.63) is 76.4 Å². The van der Waals surface area contributed by atoms with Gasteiger partial charge in [-0.3, -0.25) is 24.2 Å². The Morgan fingerprint density at radius 3 is 2.32 bits per heavy atom. The van der Waals surface area contributed by atoms with Crippen LogP contribution in [0.4, 0.5) is 4.79 Å². The van der Waals surface area contributed by atoms with E-state index >= 15 is 0 Å². The minimum atomic E-state index is -1.31. The quantitative estimate of drug-likeness (QED) is 0.425. The van der Waals surface area contributed by atoms with E-state index < -0.39 is 42.0 Å². The number of carbonyl (C=O) groups excluding carboxylic acids is 3. The minimum absolute atomic E-state index is 0.0402. The minimum Gasteiger partial charge on any atom is -0.465 e. The van der Waals surface area contributed by atoms with Crippen LogP contribution in [-0.2, 0) is 4.79 Å². The maximum absolute atomic E-state index is 13.2. The van der Waals surface area contributed by atoms with Crippen molar-refractivity contribution in [1.29, 1.82) is 0 Å². The highest BCUT2D eigenvalue weighted by Crippen LogP contribution is 2.30. The number of likely N-dealkylation sites (tertiary alicyclic amines) is 1. The normalized spacial score (nSPS) is 19.7. The number of imide groups is 1. The summed E-state index contributed by atoms with van der Waals surface area (Å²) >= 11 is 1.50. The lowest BCUT2D eigenvalue weighted by Gasteiger charge is -2.27. The van der Waals surface area contributed by atoms with Gasteiger partial charge in [0.15, 0.2) is 0 Å². The molecule has 4 amide bonds. The number of nitrogens with zero attached hydrogens (tertiary/aromatic N) is 3. The zero-order valence-corrected chi connectivity index (χ0v) is 20.6. The van der Waals surface area contributed by atoms with Gasteiger partial charge in [0.2, 0.25) is 5.91 Å². The molecule has 0 aliphatic carbocycles. The summed E-state index contributed by atoms with van der Waals surface area (Å²) in [6.45, 7) is 1.61. The van der Waals surface area contributed by atoms with Gasteiger partial charge in [0.1, 0.15) is 6.04 Å². The van der Waals surface area contributed by atoms with E-state index in [1.165, 1.54) is 11.3 Å². The summed E-state index contributed by atoms with van der Waals surface area (Å²) in [6.07, 6.45) is -2.30. The number of carbonyl (C=O) groups is 4. The molecule has 11 heteroatoms.